The summed E-state index contributed by atoms with van der Waals surface area (Å²) in [6.45, 7) is 4.94. The molecule has 6 nitrogen and oxygen atoms in total. The molecule has 1 aromatic rings. The summed E-state index contributed by atoms with van der Waals surface area (Å²) in [6.07, 6.45) is 3.61. The number of likely N-dealkylation sites (N-methyl/N-ethyl adjacent to an activating group) is 1. The monoisotopic (exact) mass is 264 g/mol. The lowest BCUT2D eigenvalue weighted by Gasteiger charge is -2.06. The molecule has 1 atom stereocenters. The van der Waals surface area contributed by atoms with Crippen LogP contribution in [0.2, 0.25) is 0 Å². The second kappa shape index (κ2) is 5.71. The van der Waals surface area contributed by atoms with Crippen molar-refractivity contribution in [1.29, 1.82) is 0 Å². The van der Waals surface area contributed by atoms with Crippen molar-refractivity contribution >= 4 is 11.8 Å². The summed E-state index contributed by atoms with van der Waals surface area (Å²) in [5.74, 6) is 0.963. The van der Waals surface area contributed by atoms with Gasteiger partial charge in [0.2, 0.25) is 6.79 Å². The molecule has 1 aromatic carbocycles. The summed E-state index contributed by atoms with van der Waals surface area (Å²) in [5, 5.41) is 14.3. The molecule has 1 unspecified atom stereocenters. The fourth-order valence-electron chi connectivity index (χ4n) is 1.88. The van der Waals surface area contributed by atoms with Crippen LogP contribution in [0.1, 0.15) is 19.4 Å². The molecule has 1 N–H and O–H groups in total. The SMILES string of the molecule is CCNC(C)/C=C/c1cc2c(cc1[N+](=O)[O-])OCO2. The van der Waals surface area contributed by atoms with Gasteiger partial charge in [-0.1, -0.05) is 19.1 Å². The Hall–Kier alpha value is -2.08. The Balaban J connectivity index is 2.30. The lowest BCUT2D eigenvalue weighted by Crippen LogP contribution is -2.22. The average Bonchev–Trinajstić information content (AvgIpc) is 2.82. The van der Waals surface area contributed by atoms with Gasteiger partial charge in [-0.25, -0.2) is 0 Å². The normalized spacial score (nSPS) is 14.8. The third kappa shape index (κ3) is 3.03. The number of rotatable bonds is 5. The number of hydrogen-bond donors (Lipinski definition) is 1. The Kier molecular flexibility index (Phi) is 4.01. The fraction of sp³-hybridized carbons (Fsp3) is 0.385. The highest BCUT2D eigenvalue weighted by Crippen LogP contribution is 2.38. The van der Waals surface area contributed by atoms with Crippen molar-refractivity contribution in [1.82, 2.24) is 5.32 Å². The van der Waals surface area contributed by atoms with Crippen molar-refractivity contribution in [3.63, 3.8) is 0 Å². The number of hydrogen-bond acceptors (Lipinski definition) is 5. The van der Waals surface area contributed by atoms with Crippen LogP contribution in [0.25, 0.3) is 6.08 Å². The van der Waals surface area contributed by atoms with Crippen LogP contribution in [0.15, 0.2) is 18.2 Å². The van der Waals surface area contributed by atoms with Crippen LogP contribution in [-0.2, 0) is 0 Å². The molecule has 0 bridgehead atoms. The highest BCUT2D eigenvalue weighted by molar-refractivity contribution is 5.67. The van der Waals surface area contributed by atoms with Gasteiger partial charge in [-0.05, 0) is 19.5 Å². The van der Waals surface area contributed by atoms with E-state index in [9.17, 15) is 10.1 Å². The first-order valence-corrected chi connectivity index (χ1v) is 6.11. The second-order valence-corrected chi connectivity index (χ2v) is 4.23. The maximum absolute atomic E-state index is 11.1. The molecule has 0 saturated heterocycles. The van der Waals surface area contributed by atoms with Crippen molar-refractivity contribution in [3.05, 3.63) is 33.9 Å². The minimum Gasteiger partial charge on any atom is -0.454 e. The quantitative estimate of drug-likeness (QED) is 0.652. The maximum Gasteiger partial charge on any atom is 0.280 e. The zero-order chi connectivity index (χ0) is 13.8. The van der Waals surface area contributed by atoms with Crippen molar-refractivity contribution in [3.8, 4) is 11.5 Å². The van der Waals surface area contributed by atoms with Gasteiger partial charge in [-0.2, -0.15) is 0 Å². The van der Waals surface area contributed by atoms with Crippen molar-refractivity contribution in [2.45, 2.75) is 19.9 Å². The van der Waals surface area contributed by atoms with E-state index in [1.807, 2.05) is 19.9 Å². The molecule has 1 heterocycles. The van der Waals surface area contributed by atoms with Crippen molar-refractivity contribution in [2.24, 2.45) is 0 Å². The molecule has 102 valence electrons. The highest BCUT2D eigenvalue weighted by Gasteiger charge is 2.21. The Bertz CT molecular complexity index is 514. The van der Waals surface area contributed by atoms with Gasteiger partial charge in [0.15, 0.2) is 11.5 Å². The molecule has 6 heteroatoms. The number of fused-ring (bicyclic) bond motifs is 1. The van der Waals surface area contributed by atoms with Gasteiger partial charge in [0, 0.05) is 6.04 Å². The van der Waals surface area contributed by atoms with E-state index in [-0.39, 0.29) is 18.5 Å². The van der Waals surface area contributed by atoms with E-state index in [0.717, 1.165) is 6.54 Å². The van der Waals surface area contributed by atoms with Crippen LogP contribution in [0.3, 0.4) is 0 Å². The Morgan fingerprint density at radius 1 is 1.47 bits per heavy atom. The molecule has 0 amide bonds. The molecule has 1 aliphatic rings. The zero-order valence-electron chi connectivity index (χ0n) is 10.9. The third-order valence-corrected chi connectivity index (χ3v) is 2.81. The first-order valence-electron chi connectivity index (χ1n) is 6.11. The average molecular weight is 264 g/mol. The number of nitrogens with zero attached hydrogens (tertiary/aromatic N) is 1. The van der Waals surface area contributed by atoms with Gasteiger partial charge < -0.3 is 14.8 Å². The predicted octanol–water partition coefficient (Wildman–Crippen LogP) is 2.33. The number of nitro benzene ring substituents is 1. The summed E-state index contributed by atoms with van der Waals surface area (Å²) in [4.78, 5) is 10.6. The molecule has 0 fully saturated rings. The summed E-state index contributed by atoms with van der Waals surface area (Å²) < 4.78 is 10.4. The molecule has 2 rings (SSSR count). The molecule has 0 spiro atoms. The van der Waals surface area contributed by atoms with Gasteiger partial charge >= 0.3 is 0 Å². The molecular formula is C13H16N2O4. The second-order valence-electron chi connectivity index (χ2n) is 4.23. The zero-order valence-corrected chi connectivity index (χ0v) is 10.9. The van der Waals surface area contributed by atoms with Gasteiger partial charge in [-0.3, -0.25) is 10.1 Å². The number of nitrogens with one attached hydrogen (secondary N) is 1. The fourth-order valence-corrected chi connectivity index (χ4v) is 1.88. The summed E-state index contributed by atoms with van der Waals surface area (Å²) >= 11 is 0. The number of benzene rings is 1. The molecule has 0 radical (unpaired) electrons. The maximum atomic E-state index is 11.1. The Morgan fingerprint density at radius 2 is 2.16 bits per heavy atom. The van der Waals surface area contributed by atoms with Crippen LogP contribution in [-0.4, -0.2) is 24.3 Å². The van der Waals surface area contributed by atoms with E-state index >= 15 is 0 Å². The number of ether oxygens (including phenoxy) is 2. The third-order valence-electron chi connectivity index (χ3n) is 2.81. The minimum absolute atomic E-state index is 0.0178. The molecule has 0 saturated carbocycles. The van der Waals surface area contributed by atoms with Crippen LogP contribution in [0.4, 0.5) is 5.69 Å². The molecular weight excluding hydrogens is 248 g/mol. The van der Waals surface area contributed by atoms with Gasteiger partial charge in [0.25, 0.3) is 5.69 Å². The molecule has 0 aromatic heterocycles. The van der Waals surface area contributed by atoms with Crippen molar-refractivity contribution in [2.75, 3.05) is 13.3 Å². The van der Waals surface area contributed by atoms with E-state index in [2.05, 4.69) is 5.32 Å². The van der Waals surface area contributed by atoms with Crippen LogP contribution in [0, 0.1) is 10.1 Å². The van der Waals surface area contributed by atoms with Crippen molar-refractivity contribution < 1.29 is 14.4 Å². The van der Waals surface area contributed by atoms with E-state index in [0.29, 0.717) is 17.1 Å². The topological polar surface area (TPSA) is 73.6 Å². The standard InChI is InChI=1S/C13H16N2O4/c1-3-14-9(2)4-5-10-6-12-13(19-8-18-12)7-11(10)15(16)17/h4-7,9,14H,3,8H2,1-2H3/b5-4+. The van der Waals surface area contributed by atoms with Gasteiger partial charge in [-0.15, -0.1) is 0 Å². The lowest BCUT2D eigenvalue weighted by atomic mass is 10.1. The summed E-state index contributed by atoms with van der Waals surface area (Å²) in [7, 11) is 0. The number of nitro groups is 1. The van der Waals surface area contributed by atoms with E-state index < -0.39 is 4.92 Å². The van der Waals surface area contributed by atoms with E-state index in [1.165, 1.54) is 6.07 Å². The first-order chi connectivity index (χ1) is 9.11. The van der Waals surface area contributed by atoms with E-state index in [1.54, 1.807) is 12.1 Å². The van der Waals surface area contributed by atoms with Gasteiger partial charge in [0.05, 0.1) is 16.6 Å². The Labute approximate surface area is 111 Å². The predicted molar refractivity (Wildman–Crippen MR) is 71.4 cm³/mol. The van der Waals surface area contributed by atoms with Crippen LogP contribution < -0.4 is 14.8 Å². The van der Waals surface area contributed by atoms with Gasteiger partial charge in [0.1, 0.15) is 0 Å². The first kappa shape index (κ1) is 13.4. The molecule has 0 aliphatic carbocycles. The largest absolute Gasteiger partial charge is 0.454 e. The smallest absolute Gasteiger partial charge is 0.280 e. The summed E-state index contributed by atoms with van der Waals surface area (Å²) in [5.41, 5.74) is 0.531. The molecule has 1 aliphatic heterocycles. The highest BCUT2D eigenvalue weighted by atomic mass is 16.7. The van der Waals surface area contributed by atoms with E-state index in [4.69, 9.17) is 9.47 Å². The summed E-state index contributed by atoms with van der Waals surface area (Å²) in [6, 6.07) is 3.19. The Morgan fingerprint density at radius 3 is 2.79 bits per heavy atom. The minimum atomic E-state index is -0.417. The molecule has 19 heavy (non-hydrogen) atoms. The van der Waals surface area contributed by atoms with Crippen LogP contribution in [0.5, 0.6) is 11.5 Å². The van der Waals surface area contributed by atoms with Crippen LogP contribution >= 0.6 is 0 Å². The lowest BCUT2D eigenvalue weighted by molar-refractivity contribution is -0.385.